The molecule has 15 heavy (non-hydrogen) atoms. The van der Waals surface area contributed by atoms with Gasteiger partial charge in [0.15, 0.2) is 0 Å². The zero-order valence-electron chi connectivity index (χ0n) is 8.78. The van der Waals surface area contributed by atoms with Crippen LogP contribution in [0.2, 0.25) is 0 Å². The molecule has 0 fully saturated rings. The van der Waals surface area contributed by atoms with Gasteiger partial charge in [0.25, 0.3) is 0 Å². The fraction of sp³-hybridized carbons (Fsp3) is 0.800. The third-order valence-corrected chi connectivity index (χ3v) is 1.46. The van der Waals surface area contributed by atoms with Crippen LogP contribution in [0.1, 0.15) is 12.8 Å². The van der Waals surface area contributed by atoms with Crippen molar-refractivity contribution < 1.29 is 14.2 Å². The van der Waals surface area contributed by atoms with Gasteiger partial charge in [-0.3, -0.25) is 0 Å². The molecule has 0 aliphatic rings. The smallest absolute Gasteiger partial charge is 0.0701 e. The Morgan fingerprint density at radius 2 is 0.933 bits per heavy atom. The van der Waals surface area contributed by atoms with Crippen LogP contribution in [0.3, 0.4) is 0 Å². The zero-order chi connectivity index (χ0) is 11.2. The second-order valence-corrected chi connectivity index (χ2v) is 2.65. The normalized spacial score (nSPS) is 9.47. The van der Waals surface area contributed by atoms with E-state index in [2.05, 4.69) is 0 Å². The number of ether oxygens (including phenoxy) is 3. The molecule has 0 bridgehead atoms. The van der Waals surface area contributed by atoms with Crippen molar-refractivity contribution in [2.75, 3.05) is 39.6 Å². The highest BCUT2D eigenvalue weighted by atomic mass is 16.5. The predicted molar refractivity (Wildman–Crippen MR) is 52.9 cm³/mol. The Kier molecular flexibility index (Phi) is 11.9. The molecular weight excluding hydrogens is 196 g/mol. The van der Waals surface area contributed by atoms with Crippen LogP contribution in [0.15, 0.2) is 0 Å². The van der Waals surface area contributed by atoms with Crippen molar-refractivity contribution in [2.45, 2.75) is 12.8 Å². The highest BCUT2D eigenvalue weighted by molar-refractivity contribution is 4.67. The van der Waals surface area contributed by atoms with E-state index in [0.29, 0.717) is 52.5 Å². The van der Waals surface area contributed by atoms with E-state index in [4.69, 9.17) is 24.7 Å². The summed E-state index contributed by atoms with van der Waals surface area (Å²) in [7, 11) is 0. The first-order valence-corrected chi connectivity index (χ1v) is 4.89. The third kappa shape index (κ3) is 12.9. The molecule has 0 unspecified atom stereocenters. The maximum absolute atomic E-state index is 8.21. The van der Waals surface area contributed by atoms with Crippen LogP contribution in [0.4, 0.5) is 0 Å². The van der Waals surface area contributed by atoms with Gasteiger partial charge in [-0.05, 0) is 0 Å². The van der Waals surface area contributed by atoms with Crippen molar-refractivity contribution in [3.63, 3.8) is 0 Å². The summed E-state index contributed by atoms with van der Waals surface area (Å²) in [4.78, 5) is 0. The number of rotatable bonds is 10. The topological polar surface area (TPSA) is 75.3 Å². The van der Waals surface area contributed by atoms with Gasteiger partial charge < -0.3 is 14.2 Å². The first kappa shape index (κ1) is 13.9. The molecule has 84 valence electrons. The monoisotopic (exact) mass is 212 g/mol. The van der Waals surface area contributed by atoms with Crippen molar-refractivity contribution in [1.82, 2.24) is 0 Å². The van der Waals surface area contributed by atoms with Crippen LogP contribution in [0.25, 0.3) is 0 Å². The molecule has 0 rings (SSSR count). The van der Waals surface area contributed by atoms with E-state index < -0.39 is 0 Å². The molecule has 0 radical (unpaired) electrons. The van der Waals surface area contributed by atoms with Crippen molar-refractivity contribution in [3.8, 4) is 12.1 Å². The van der Waals surface area contributed by atoms with Gasteiger partial charge in [-0.2, -0.15) is 10.5 Å². The molecule has 5 nitrogen and oxygen atoms in total. The quantitative estimate of drug-likeness (QED) is 0.502. The molecule has 0 amide bonds. The molecule has 0 saturated heterocycles. The van der Waals surface area contributed by atoms with E-state index in [-0.39, 0.29) is 0 Å². The van der Waals surface area contributed by atoms with Crippen LogP contribution in [-0.4, -0.2) is 39.6 Å². The van der Waals surface area contributed by atoms with Crippen LogP contribution < -0.4 is 0 Å². The zero-order valence-corrected chi connectivity index (χ0v) is 8.78. The fourth-order valence-electron chi connectivity index (χ4n) is 0.778. The molecule has 0 saturated carbocycles. The van der Waals surface area contributed by atoms with Crippen molar-refractivity contribution >= 4 is 0 Å². The predicted octanol–water partition coefficient (Wildman–Crippen LogP) is 0.864. The molecular formula is C10H16N2O3. The summed E-state index contributed by atoms with van der Waals surface area (Å²) in [5.41, 5.74) is 0. The molecule has 5 heteroatoms. The Morgan fingerprint density at radius 1 is 0.600 bits per heavy atom. The van der Waals surface area contributed by atoms with Crippen LogP contribution in [0.5, 0.6) is 0 Å². The highest BCUT2D eigenvalue weighted by Crippen LogP contribution is 1.84. The summed E-state index contributed by atoms with van der Waals surface area (Å²) >= 11 is 0. The van der Waals surface area contributed by atoms with Crippen molar-refractivity contribution in [2.24, 2.45) is 0 Å². The van der Waals surface area contributed by atoms with E-state index >= 15 is 0 Å². The lowest BCUT2D eigenvalue weighted by Crippen LogP contribution is -2.10. The summed E-state index contributed by atoms with van der Waals surface area (Å²) in [6.07, 6.45) is 0.828. The van der Waals surface area contributed by atoms with Gasteiger partial charge in [0.1, 0.15) is 0 Å². The Labute approximate surface area is 90.1 Å². The first-order valence-electron chi connectivity index (χ1n) is 4.89. The van der Waals surface area contributed by atoms with E-state index in [1.165, 1.54) is 0 Å². The number of hydrogen-bond donors (Lipinski definition) is 0. The average Bonchev–Trinajstić information content (AvgIpc) is 2.26. The van der Waals surface area contributed by atoms with Gasteiger partial charge >= 0.3 is 0 Å². The summed E-state index contributed by atoms with van der Waals surface area (Å²) in [5.74, 6) is 0. The van der Waals surface area contributed by atoms with Gasteiger partial charge in [-0.1, -0.05) is 0 Å². The van der Waals surface area contributed by atoms with Gasteiger partial charge in [0.2, 0.25) is 0 Å². The van der Waals surface area contributed by atoms with Crippen molar-refractivity contribution in [3.05, 3.63) is 0 Å². The molecule has 0 heterocycles. The van der Waals surface area contributed by atoms with Gasteiger partial charge in [-0.25, -0.2) is 0 Å². The van der Waals surface area contributed by atoms with Gasteiger partial charge in [0.05, 0.1) is 64.6 Å². The van der Waals surface area contributed by atoms with Gasteiger partial charge in [-0.15, -0.1) is 0 Å². The first-order chi connectivity index (χ1) is 7.41. The number of hydrogen-bond acceptors (Lipinski definition) is 5. The molecule has 0 aliphatic heterocycles. The Hall–Kier alpha value is -1.14. The van der Waals surface area contributed by atoms with Crippen LogP contribution in [-0.2, 0) is 14.2 Å². The lowest BCUT2D eigenvalue weighted by molar-refractivity contribution is 0.0165. The van der Waals surface area contributed by atoms with E-state index in [1.807, 2.05) is 12.1 Å². The second-order valence-electron chi connectivity index (χ2n) is 2.65. The summed E-state index contributed by atoms with van der Waals surface area (Å²) in [6, 6.07) is 3.97. The molecule has 0 aromatic heterocycles. The average molecular weight is 212 g/mol. The highest BCUT2D eigenvalue weighted by Gasteiger charge is 1.91. The molecule has 0 aromatic rings. The van der Waals surface area contributed by atoms with Crippen LogP contribution >= 0.6 is 0 Å². The van der Waals surface area contributed by atoms with Gasteiger partial charge in [0, 0.05) is 0 Å². The summed E-state index contributed by atoms with van der Waals surface area (Å²) < 4.78 is 15.4. The van der Waals surface area contributed by atoms with E-state index in [1.54, 1.807) is 0 Å². The SMILES string of the molecule is N#CCCOCCOCCOCCC#N. The van der Waals surface area contributed by atoms with Crippen LogP contribution in [0, 0.1) is 22.7 Å². The van der Waals surface area contributed by atoms with Crippen molar-refractivity contribution in [1.29, 1.82) is 10.5 Å². The number of nitriles is 2. The molecule has 0 atom stereocenters. The maximum atomic E-state index is 8.21. The Morgan fingerprint density at radius 3 is 1.27 bits per heavy atom. The van der Waals surface area contributed by atoms with E-state index in [9.17, 15) is 0 Å². The largest absolute Gasteiger partial charge is 0.378 e. The fourth-order valence-corrected chi connectivity index (χ4v) is 0.778. The molecule has 0 aromatic carbocycles. The minimum atomic E-state index is 0.414. The number of nitrogens with zero attached hydrogens (tertiary/aromatic N) is 2. The lowest BCUT2D eigenvalue weighted by Gasteiger charge is -2.04. The minimum Gasteiger partial charge on any atom is -0.378 e. The maximum Gasteiger partial charge on any atom is 0.0701 e. The molecule has 0 spiro atoms. The molecule has 0 N–H and O–H groups in total. The Balaban J connectivity index is 2.88. The minimum absolute atomic E-state index is 0.414. The standard InChI is InChI=1S/C10H16N2O3/c11-3-1-5-13-7-9-15-10-8-14-6-2-4-12/h1-2,5-10H2. The summed E-state index contributed by atoms with van der Waals surface area (Å²) in [5, 5.41) is 16.4. The van der Waals surface area contributed by atoms with E-state index in [0.717, 1.165) is 0 Å². The second kappa shape index (κ2) is 12.9. The molecule has 0 aliphatic carbocycles. The Bertz CT molecular complexity index is 186. The summed E-state index contributed by atoms with van der Waals surface area (Å²) in [6.45, 7) is 2.93. The lowest BCUT2D eigenvalue weighted by atomic mass is 10.5. The third-order valence-electron chi connectivity index (χ3n) is 1.46.